The van der Waals surface area contributed by atoms with Gasteiger partial charge < -0.3 is 20.6 Å². The third kappa shape index (κ3) is 13.0. The van der Waals surface area contributed by atoms with Crippen molar-refractivity contribution in [2.24, 2.45) is 14.1 Å². The van der Waals surface area contributed by atoms with E-state index in [0.29, 0.717) is 0 Å². The van der Waals surface area contributed by atoms with Crippen LogP contribution in [-0.2, 0) is 35.2 Å². The maximum atomic E-state index is 6.26. The van der Waals surface area contributed by atoms with Crippen molar-refractivity contribution in [3.05, 3.63) is 48.9 Å². The van der Waals surface area contributed by atoms with Gasteiger partial charge in [-0.1, -0.05) is 0 Å². The molecule has 0 radical (unpaired) electrons. The molecular formula is C10H18N6Pt-2. The summed E-state index contributed by atoms with van der Waals surface area (Å²) in [5.41, 5.74) is 12.5. The second kappa shape index (κ2) is 13.1. The molecule has 2 aromatic rings. The molecule has 0 saturated carbocycles. The number of aromatic nitrogens is 4. The molecule has 2 rings (SSSR count). The summed E-state index contributed by atoms with van der Waals surface area (Å²) in [5.74, 6) is 0. The molecule has 6 nitrogen and oxygen atoms in total. The van der Waals surface area contributed by atoms with E-state index in [1.54, 1.807) is 25.0 Å². The summed E-state index contributed by atoms with van der Waals surface area (Å²) in [5, 5.41) is 0. The first kappa shape index (κ1) is 18.4. The van der Waals surface area contributed by atoms with Gasteiger partial charge in [0, 0.05) is 59.9 Å². The summed E-state index contributed by atoms with van der Waals surface area (Å²) in [4.78, 5) is 7.57. The van der Waals surface area contributed by atoms with E-state index >= 15 is 0 Å². The maximum Gasteiger partial charge on any atom is 0.0943 e. The van der Waals surface area contributed by atoms with Gasteiger partial charge in [-0.2, -0.15) is 13.1 Å². The molecule has 0 spiro atoms. The van der Waals surface area contributed by atoms with Crippen LogP contribution in [0.1, 0.15) is 0 Å². The fourth-order valence-corrected chi connectivity index (χ4v) is 0.652. The van der Waals surface area contributed by atoms with E-state index in [-0.39, 0.29) is 34.2 Å². The Kier molecular flexibility index (Phi) is 14.2. The minimum absolute atomic E-state index is 0. The fraction of sp³-hybridized carbons (Fsp3) is 0.400. The minimum Gasteiger partial charge on any atom is -0.679 e. The van der Waals surface area contributed by atoms with Crippen LogP contribution in [0.15, 0.2) is 37.4 Å². The van der Waals surface area contributed by atoms with Crippen molar-refractivity contribution in [3.8, 4) is 0 Å². The molecule has 0 aliphatic carbocycles. The van der Waals surface area contributed by atoms with Crippen LogP contribution in [-0.4, -0.2) is 32.2 Å². The Balaban J connectivity index is 0. The Morgan fingerprint density at radius 2 is 1.24 bits per heavy atom. The molecule has 2 N–H and O–H groups in total. The number of nitrogens with zero attached hydrogens (tertiary/aromatic N) is 4. The van der Waals surface area contributed by atoms with Crippen LogP contribution in [0.25, 0.3) is 11.5 Å². The number of nitrogens with one attached hydrogen (secondary N) is 2. The summed E-state index contributed by atoms with van der Waals surface area (Å²) in [6.07, 6.45) is 10.8. The molecule has 2 aromatic heterocycles. The van der Waals surface area contributed by atoms with Crippen LogP contribution in [0.3, 0.4) is 0 Å². The molecule has 0 amide bonds. The molecule has 0 unspecified atom stereocenters. The van der Waals surface area contributed by atoms with Crippen LogP contribution >= 0.6 is 0 Å². The first-order valence-corrected chi connectivity index (χ1v) is 4.83. The smallest absolute Gasteiger partial charge is 0.0943 e. The normalized spacial score (nSPS) is 8.00. The number of hydrogen-bond acceptors (Lipinski definition) is 2. The van der Waals surface area contributed by atoms with Crippen LogP contribution < -0.4 is 0 Å². The summed E-state index contributed by atoms with van der Waals surface area (Å²) in [6, 6.07) is 0. The zero-order chi connectivity index (χ0) is 12.2. The first-order valence-electron chi connectivity index (χ1n) is 4.83. The van der Waals surface area contributed by atoms with Gasteiger partial charge in [0.2, 0.25) is 0 Å². The second-order valence-electron chi connectivity index (χ2n) is 2.96. The molecule has 0 fully saturated rings. The van der Waals surface area contributed by atoms with Crippen molar-refractivity contribution in [3.63, 3.8) is 0 Å². The quantitative estimate of drug-likeness (QED) is 0.710. The maximum absolute atomic E-state index is 6.26. The van der Waals surface area contributed by atoms with Crippen molar-refractivity contribution in [2.45, 2.75) is 0 Å². The molecule has 2 heterocycles. The molecule has 0 aromatic carbocycles. The van der Waals surface area contributed by atoms with E-state index in [4.69, 9.17) is 11.5 Å². The zero-order valence-electron chi connectivity index (χ0n) is 9.98. The number of imidazole rings is 2. The molecule has 0 atom stereocenters. The second-order valence-corrected chi connectivity index (χ2v) is 2.96. The third-order valence-electron chi connectivity index (χ3n) is 1.40. The first-order chi connectivity index (χ1) is 7.70. The standard InChI is InChI=1S/2C4H6N2.C2H6N2.Pt/c2*1-6-3-2-5-4-6;3-1-2-4;/h2*2-4H,1H3;3-4H,1-2H2;/q;;-2;. The van der Waals surface area contributed by atoms with Crippen molar-refractivity contribution >= 4 is 0 Å². The van der Waals surface area contributed by atoms with E-state index < -0.39 is 0 Å². The summed E-state index contributed by atoms with van der Waals surface area (Å²) < 4.78 is 3.78. The van der Waals surface area contributed by atoms with Crippen molar-refractivity contribution in [1.29, 1.82) is 0 Å². The third-order valence-corrected chi connectivity index (χ3v) is 1.40. The predicted octanol–water partition coefficient (Wildman–Crippen LogP) is 1.93. The number of aryl methyl sites for hydroxylation is 2. The van der Waals surface area contributed by atoms with E-state index in [1.165, 1.54) is 0 Å². The van der Waals surface area contributed by atoms with Crippen LogP contribution in [0.5, 0.6) is 0 Å². The van der Waals surface area contributed by atoms with Gasteiger partial charge in [0.25, 0.3) is 0 Å². The van der Waals surface area contributed by atoms with Crippen LogP contribution in [0.4, 0.5) is 0 Å². The molecular weight excluding hydrogens is 399 g/mol. The Morgan fingerprint density at radius 1 is 0.882 bits per heavy atom. The molecule has 7 heteroatoms. The van der Waals surface area contributed by atoms with Gasteiger partial charge in [-0.15, -0.1) is 0 Å². The Hall–Kier alpha value is -0.972. The largest absolute Gasteiger partial charge is 0.679 e. The molecule has 0 aliphatic rings. The summed E-state index contributed by atoms with van der Waals surface area (Å²) in [7, 11) is 3.88. The van der Waals surface area contributed by atoms with Gasteiger partial charge in [0.1, 0.15) is 0 Å². The predicted molar refractivity (Wildman–Crippen MR) is 64.8 cm³/mol. The Morgan fingerprint density at radius 3 is 1.29 bits per heavy atom. The van der Waals surface area contributed by atoms with Crippen LogP contribution in [0, 0.1) is 0 Å². The molecule has 17 heavy (non-hydrogen) atoms. The number of rotatable bonds is 1. The minimum atomic E-state index is 0. The number of hydrogen-bond donors (Lipinski definition) is 0. The molecule has 0 aliphatic heterocycles. The fourth-order valence-electron chi connectivity index (χ4n) is 0.652. The molecule has 0 bridgehead atoms. The Bertz CT molecular complexity index is 284. The van der Waals surface area contributed by atoms with Gasteiger partial charge in [0.15, 0.2) is 0 Å². The van der Waals surface area contributed by atoms with E-state index in [1.807, 2.05) is 35.6 Å². The Labute approximate surface area is 116 Å². The molecule has 0 saturated heterocycles. The van der Waals surface area contributed by atoms with Gasteiger partial charge in [0.05, 0.1) is 12.7 Å². The SMILES string of the molecule is Cn1ccnc1.Cn1ccnc1.[NH-]CC[NH-].[Pt]. The topological polar surface area (TPSA) is 83.2 Å². The van der Waals surface area contributed by atoms with Gasteiger partial charge in [-0.25, -0.2) is 9.97 Å². The summed E-state index contributed by atoms with van der Waals surface area (Å²) in [6.45, 7) is 0.472. The zero-order valence-corrected chi connectivity index (χ0v) is 12.3. The van der Waals surface area contributed by atoms with Gasteiger partial charge in [-0.3, -0.25) is 0 Å². The van der Waals surface area contributed by atoms with Crippen molar-refractivity contribution in [1.82, 2.24) is 19.1 Å². The summed E-state index contributed by atoms with van der Waals surface area (Å²) >= 11 is 0. The van der Waals surface area contributed by atoms with E-state index in [9.17, 15) is 0 Å². The average molecular weight is 417 g/mol. The van der Waals surface area contributed by atoms with Gasteiger partial charge in [-0.05, 0) is 0 Å². The van der Waals surface area contributed by atoms with E-state index in [0.717, 1.165) is 0 Å². The van der Waals surface area contributed by atoms with E-state index in [2.05, 4.69) is 9.97 Å². The van der Waals surface area contributed by atoms with Crippen molar-refractivity contribution in [2.75, 3.05) is 13.1 Å². The van der Waals surface area contributed by atoms with Gasteiger partial charge >= 0.3 is 0 Å². The average Bonchev–Trinajstić information content (AvgIpc) is 2.93. The van der Waals surface area contributed by atoms with Crippen molar-refractivity contribution < 1.29 is 21.1 Å². The molecule has 100 valence electrons. The monoisotopic (exact) mass is 417 g/mol. The van der Waals surface area contributed by atoms with Crippen LogP contribution in [0.2, 0.25) is 0 Å².